The quantitative estimate of drug-likeness (QED) is 0.919. The number of hydrogen-bond acceptors (Lipinski definition) is 4. The first-order valence-corrected chi connectivity index (χ1v) is 6.94. The van der Waals surface area contributed by atoms with Gasteiger partial charge in [0.25, 0.3) is 0 Å². The largest absolute Gasteiger partial charge is 0.493 e. The molecule has 0 aliphatic carbocycles. The standard InChI is InChI=1S/C15H22N2O2.ClH/c1-18-14-5-3-4-11(15(14)19-2)8-17-9-12-6-16-7-13(12)10-17;/h3-5,12-13,16H,6-10H2,1-2H3;1H/t12-,13+;. The molecule has 1 aromatic carbocycles. The number of nitrogens with one attached hydrogen (secondary N) is 1. The van der Waals surface area contributed by atoms with Gasteiger partial charge in [0, 0.05) is 25.2 Å². The molecule has 3 rings (SSSR count). The van der Waals surface area contributed by atoms with Crippen molar-refractivity contribution >= 4 is 12.4 Å². The lowest BCUT2D eigenvalue weighted by molar-refractivity contribution is 0.293. The molecule has 2 fully saturated rings. The molecule has 0 saturated carbocycles. The van der Waals surface area contributed by atoms with E-state index in [9.17, 15) is 0 Å². The number of halogens is 1. The molecule has 0 radical (unpaired) electrons. The smallest absolute Gasteiger partial charge is 0.165 e. The number of fused-ring (bicyclic) bond motifs is 1. The molecule has 1 N–H and O–H groups in total. The Kier molecular flexibility index (Phi) is 5.13. The molecule has 2 aliphatic heterocycles. The van der Waals surface area contributed by atoms with Crippen molar-refractivity contribution in [3.05, 3.63) is 23.8 Å². The highest BCUT2D eigenvalue weighted by molar-refractivity contribution is 5.85. The first-order valence-electron chi connectivity index (χ1n) is 6.94. The second-order valence-electron chi connectivity index (χ2n) is 5.53. The van der Waals surface area contributed by atoms with Gasteiger partial charge >= 0.3 is 0 Å². The van der Waals surface area contributed by atoms with Crippen LogP contribution in [0, 0.1) is 11.8 Å². The lowest BCUT2D eigenvalue weighted by atomic mass is 10.0. The maximum Gasteiger partial charge on any atom is 0.165 e. The number of benzene rings is 1. The van der Waals surface area contributed by atoms with Gasteiger partial charge in [-0.05, 0) is 31.0 Å². The Balaban J connectivity index is 0.00000147. The van der Waals surface area contributed by atoms with Crippen LogP contribution in [0.5, 0.6) is 11.5 Å². The Labute approximate surface area is 126 Å². The molecule has 2 atom stereocenters. The second kappa shape index (κ2) is 6.66. The highest BCUT2D eigenvalue weighted by atomic mass is 35.5. The van der Waals surface area contributed by atoms with Crippen molar-refractivity contribution in [3.8, 4) is 11.5 Å². The summed E-state index contributed by atoms with van der Waals surface area (Å²) in [6.07, 6.45) is 0. The van der Waals surface area contributed by atoms with E-state index in [2.05, 4.69) is 16.3 Å². The first kappa shape index (κ1) is 15.4. The van der Waals surface area contributed by atoms with Crippen molar-refractivity contribution in [3.63, 3.8) is 0 Å². The van der Waals surface area contributed by atoms with E-state index in [4.69, 9.17) is 9.47 Å². The molecule has 0 bridgehead atoms. The maximum absolute atomic E-state index is 5.51. The fourth-order valence-corrected chi connectivity index (χ4v) is 3.40. The van der Waals surface area contributed by atoms with E-state index in [1.165, 1.54) is 31.7 Å². The summed E-state index contributed by atoms with van der Waals surface area (Å²) in [5.41, 5.74) is 1.22. The normalized spacial score (nSPS) is 25.1. The van der Waals surface area contributed by atoms with Gasteiger partial charge in [-0.1, -0.05) is 12.1 Å². The van der Waals surface area contributed by atoms with Crippen molar-refractivity contribution in [2.24, 2.45) is 11.8 Å². The highest BCUT2D eigenvalue weighted by Gasteiger charge is 2.36. The van der Waals surface area contributed by atoms with E-state index >= 15 is 0 Å². The number of ether oxygens (including phenoxy) is 2. The minimum atomic E-state index is 0. The molecule has 5 heteroatoms. The SMILES string of the molecule is COc1cccc(CN2C[C@H]3CNC[C@H]3C2)c1OC.Cl. The van der Waals surface area contributed by atoms with E-state index in [1.54, 1.807) is 14.2 Å². The van der Waals surface area contributed by atoms with Gasteiger partial charge in [0.2, 0.25) is 0 Å². The van der Waals surface area contributed by atoms with Crippen LogP contribution in [0.1, 0.15) is 5.56 Å². The third-order valence-corrected chi connectivity index (χ3v) is 4.34. The van der Waals surface area contributed by atoms with Crippen LogP contribution in [0.2, 0.25) is 0 Å². The lowest BCUT2D eigenvalue weighted by Gasteiger charge is -2.19. The molecule has 2 saturated heterocycles. The van der Waals surface area contributed by atoms with E-state index in [1.807, 2.05) is 12.1 Å². The lowest BCUT2D eigenvalue weighted by Crippen LogP contribution is -2.25. The van der Waals surface area contributed by atoms with Crippen LogP contribution in [0.4, 0.5) is 0 Å². The zero-order chi connectivity index (χ0) is 13.2. The zero-order valence-electron chi connectivity index (χ0n) is 12.1. The minimum Gasteiger partial charge on any atom is -0.493 e. The molecule has 4 nitrogen and oxygen atoms in total. The molecular formula is C15H23ClN2O2. The van der Waals surface area contributed by atoms with Gasteiger partial charge in [-0.15, -0.1) is 12.4 Å². The van der Waals surface area contributed by atoms with E-state index in [0.717, 1.165) is 29.9 Å². The Morgan fingerprint density at radius 3 is 2.45 bits per heavy atom. The molecule has 0 unspecified atom stereocenters. The van der Waals surface area contributed by atoms with Gasteiger partial charge in [-0.3, -0.25) is 4.90 Å². The molecule has 2 aliphatic rings. The number of nitrogens with zero attached hydrogens (tertiary/aromatic N) is 1. The van der Waals surface area contributed by atoms with Gasteiger partial charge in [0.15, 0.2) is 11.5 Å². The third-order valence-electron chi connectivity index (χ3n) is 4.34. The van der Waals surface area contributed by atoms with Crippen LogP contribution < -0.4 is 14.8 Å². The van der Waals surface area contributed by atoms with E-state index in [-0.39, 0.29) is 12.4 Å². The van der Waals surface area contributed by atoms with Crippen LogP contribution in [0.25, 0.3) is 0 Å². The number of hydrogen-bond donors (Lipinski definition) is 1. The second-order valence-corrected chi connectivity index (χ2v) is 5.53. The molecule has 1 aromatic rings. The van der Waals surface area contributed by atoms with Crippen LogP contribution >= 0.6 is 12.4 Å². The molecule has 0 spiro atoms. The maximum atomic E-state index is 5.51. The topological polar surface area (TPSA) is 33.7 Å². The first-order chi connectivity index (χ1) is 9.31. The fraction of sp³-hybridized carbons (Fsp3) is 0.600. The number of rotatable bonds is 4. The van der Waals surface area contributed by atoms with Gasteiger partial charge in [-0.25, -0.2) is 0 Å². The average molecular weight is 299 g/mol. The Morgan fingerprint density at radius 1 is 1.15 bits per heavy atom. The van der Waals surface area contributed by atoms with E-state index < -0.39 is 0 Å². The van der Waals surface area contributed by atoms with Crippen molar-refractivity contribution in [1.29, 1.82) is 0 Å². The summed E-state index contributed by atoms with van der Waals surface area (Å²) in [4.78, 5) is 2.54. The summed E-state index contributed by atoms with van der Waals surface area (Å²) in [6, 6.07) is 6.12. The van der Waals surface area contributed by atoms with Gasteiger partial charge in [0.1, 0.15) is 0 Å². The molecule has 20 heavy (non-hydrogen) atoms. The predicted molar refractivity (Wildman–Crippen MR) is 81.9 cm³/mol. The number of methoxy groups -OCH3 is 2. The molecule has 0 amide bonds. The van der Waals surface area contributed by atoms with Crippen LogP contribution in [0.3, 0.4) is 0 Å². The number of para-hydroxylation sites is 1. The summed E-state index contributed by atoms with van der Waals surface area (Å²) in [5, 5.41) is 3.48. The molecule has 0 aromatic heterocycles. The average Bonchev–Trinajstić information content (AvgIpc) is 2.99. The van der Waals surface area contributed by atoms with E-state index in [0.29, 0.717) is 0 Å². The molecule has 2 heterocycles. The van der Waals surface area contributed by atoms with Crippen LogP contribution in [0.15, 0.2) is 18.2 Å². The van der Waals surface area contributed by atoms with Crippen molar-refractivity contribution in [2.45, 2.75) is 6.54 Å². The Hall–Kier alpha value is -0.970. The molecular weight excluding hydrogens is 276 g/mol. The van der Waals surface area contributed by atoms with Gasteiger partial charge < -0.3 is 14.8 Å². The summed E-state index contributed by atoms with van der Waals surface area (Å²) >= 11 is 0. The highest BCUT2D eigenvalue weighted by Crippen LogP contribution is 2.34. The van der Waals surface area contributed by atoms with Crippen molar-refractivity contribution in [2.75, 3.05) is 40.4 Å². The predicted octanol–water partition coefficient (Wildman–Crippen LogP) is 1.78. The number of likely N-dealkylation sites (tertiary alicyclic amines) is 1. The van der Waals surface area contributed by atoms with Crippen LogP contribution in [-0.4, -0.2) is 45.3 Å². The summed E-state index contributed by atoms with van der Waals surface area (Å²) < 4.78 is 10.9. The minimum absolute atomic E-state index is 0. The third kappa shape index (κ3) is 2.87. The summed E-state index contributed by atoms with van der Waals surface area (Å²) in [7, 11) is 3.40. The summed E-state index contributed by atoms with van der Waals surface area (Å²) in [5.74, 6) is 3.36. The van der Waals surface area contributed by atoms with Gasteiger partial charge in [-0.2, -0.15) is 0 Å². The monoisotopic (exact) mass is 298 g/mol. The Bertz CT molecular complexity index is 443. The summed E-state index contributed by atoms with van der Waals surface area (Å²) in [6.45, 7) is 5.69. The van der Waals surface area contributed by atoms with Gasteiger partial charge in [0.05, 0.1) is 14.2 Å². The molecule has 112 valence electrons. The fourth-order valence-electron chi connectivity index (χ4n) is 3.40. The Morgan fingerprint density at radius 2 is 1.85 bits per heavy atom. The van der Waals surface area contributed by atoms with Crippen LogP contribution in [-0.2, 0) is 6.54 Å². The van der Waals surface area contributed by atoms with Crippen molar-refractivity contribution < 1.29 is 9.47 Å². The zero-order valence-corrected chi connectivity index (χ0v) is 12.9. The van der Waals surface area contributed by atoms with Crippen molar-refractivity contribution in [1.82, 2.24) is 10.2 Å².